The van der Waals surface area contributed by atoms with E-state index in [-0.39, 0.29) is 18.6 Å². The first kappa shape index (κ1) is 17.1. The van der Waals surface area contributed by atoms with Gasteiger partial charge in [0.05, 0.1) is 14.2 Å². The van der Waals surface area contributed by atoms with Crippen molar-refractivity contribution in [2.45, 2.75) is 25.4 Å². The molecule has 1 fully saturated rings. The molecule has 2 aromatic carbocycles. The van der Waals surface area contributed by atoms with Crippen LogP contribution in [-0.2, 0) is 11.3 Å². The van der Waals surface area contributed by atoms with Gasteiger partial charge in [0.2, 0.25) is 0 Å². The molecule has 0 unspecified atom stereocenters. The number of benzene rings is 2. The fraction of sp³-hybridized carbons (Fsp3) is 0.350. The van der Waals surface area contributed by atoms with Gasteiger partial charge in [0.25, 0.3) is 5.91 Å². The summed E-state index contributed by atoms with van der Waals surface area (Å²) < 4.78 is 16.3. The van der Waals surface area contributed by atoms with Gasteiger partial charge in [-0.2, -0.15) is 0 Å². The second kappa shape index (κ2) is 7.92. The minimum atomic E-state index is -0.0174. The third-order valence-electron chi connectivity index (χ3n) is 4.24. The molecule has 0 atom stereocenters. The van der Waals surface area contributed by atoms with E-state index in [1.807, 2.05) is 53.4 Å². The Hall–Kier alpha value is -2.69. The van der Waals surface area contributed by atoms with Gasteiger partial charge >= 0.3 is 0 Å². The molecule has 5 heteroatoms. The van der Waals surface area contributed by atoms with E-state index in [1.165, 1.54) is 0 Å². The molecule has 2 aromatic rings. The van der Waals surface area contributed by atoms with Crippen molar-refractivity contribution in [3.05, 3.63) is 54.1 Å². The number of carbonyl (C=O) groups is 1. The highest BCUT2D eigenvalue weighted by molar-refractivity contribution is 5.78. The van der Waals surface area contributed by atoms with Crippen molar-refractivity contribution in [3.8, 4) is 17.2 Å². The van der Waals surface area contributed by atoms with Gasteiger partial charge in [0.15, 0.2) is 6.61 Å². The number of hydrogen-bond donors (Lipinski definition) is 0. The van der Waals surface area contributed by atoms with E-state index in [1.54, 1.807) is 14.2 Å². The van der Waals surface area contributed by atoms with Crippen molar-refractivity contribution in [1.29, 1.82) is 0 Å². The lowest BCUT2D eigenvalue weighted by Gasteiger charge is -2.24. The Morgan fingerprint density at radius 2 is 1.80 bits per heavy atom. The summed E-state index contributed by atoms with van der Waals surface area (Å²) in [6.45, 7) is 0.523. The quantitative estimate of drug-likeness (QED) is 0.739. The Morgan fingerprint density at radius 3 is 2.44 bits per heavy atom. The molecule has 0 heterocycles. The zero-order valence-corrected chi connectivity index (χ0v) is 14.6. The van der Waals surface area contributed by atoms with Crippen LogP contribution in [0.2, 0.25) is 0 Å². The number of para-hydroxylation sites is 1. The van der Waals surface area contributed by atoms with Crippen molar-refractivity contribution in [3.63, 3.8) is 0 Å². The Labute approximate surface area is 148 Å². The largest absolute Gasteiger partial charge is 0.497 e. The topological polar surface area (TPSA) is 48.0 Å². The molecule has 0 saturated heterocycles. The number of carbonyl (C=O) groups excluding carboxylic acids is 1. The average Bonchev–Trinajstić information content (AvgIpc) is 3.49. The SMILES string of the molecule is COc1ccc(OC)c(CN(C(=O)COc2ccccc2)C2CC2)c1. The molecule has 5 nitrogen and oxygen atoms in total. The fourth-order valence-corrected chi connectivity index (χ4v) is 2.74. The van der Waals surface area contributed by atoms with E-state index in [9.17, 15) is 4.79 Å². The van der Waals surface area contributed by atoms with Crippen LogP contribution in [0, 0.1) is 0 Å². The molecule has 1 amide bonds. The number of ether oxygens (including phenoxy) is 3. The van der Waals surface area contributed by atoms with Crippen LogP contribution < -0.4 is 14.2 Å². The summed E-state index contributed by atoms with van der Waals surface area (Å²) in [5.41, 5.74) is 0.932. The molecule has 0 aromatic heterocycles. The second-order valence-electron chi connectivity index (χ2n) is 6.03. The molecular weight excluding hydrogens is 318 g/mol. The van der Waals surface area contributed by atoms with Crippen molar-refractivity contribution in [1.82, 2.24) is 4.90 Å². The molecule has 1 aliphatic rings. The predicted octanol–water partition coefficient (Wildman–Crippen LogP) is 3.27. The molecular formula is C20H23NO4. The number of amides is 1. The number of nitrogens with zero attached hydrogens (tertiary/aromatic N) is 1. The summed E-state index contributed by atoms with van der Waals surface area (Å²) >= 11 is 0. The lowest BCUT2D eigenvalue weighted by atomic mass is 10.1. The molecule has 132 valence electrons. The molecule has 0 spiro atoms. The van der Waals surface area contributed by atoms with Gasteiger partial charge in [-0.05, 0) is 43.2 Å². The Morgan fingerprint density at radius 1 is 1.04 bits per heavy atom. The van der Waals surface area contributed by atoms with E-state index in [0.29, 0.717) is 12.3 Å². The molecule has 1 saturated carbocycles. The van der Waals surface area contributed by atoms with Gasteiger partial charge in [-0.25, -0.2) is 0 Å². The van der Waals surface area contributed by atoms with Gasteiger partial charge in [-0.3, -0.25) is 4.79 Å². The predicted molar refractivity (Wildman–Crippen MR) is 95.1 cm³/mol. The standard InChI is InChI=1S/C20H23NO4/c1-23-18-10-11-19(24-2)15(12-18)13-21(16-8-9-16)20(22)14-25-17-6-4-3-5-7-17/h3-7,10-12,16H,8-9,13-14H2,1-2H3. The molecule has 3 rings (SSSR count). The first-order valence-electron chi connectivity index (χ1n) is 8.39. The summed E-state index contributed by atoms with van der Waals surface area (Å²) in [4.78, 5) is 14.6. The maximum Gasteiger partial charge on any atom is 0.261 e. The van der Waals surface area contributed by atoms with Crippen molar-refractivity contribution < 1.29 is 19.0 Å². The lowest BCUT2D eigenvalue weighted by molar-refractivity contribution is -0.134. The van der Waals surface area contributed by atoms with Gasteiger partial charge < -0.3 is 19.1 Å². The van der Waals surface area contributed by atoms with Crippen LogP contribution in [0.3, 0.4) is 0 Å². The van der Waals surface area contributed by atoms with Crippen LogP contribution in [-0.4, -0.2) is 37.7 Å². The zero-order valence-electron chi connectivity index (χ0n) is 14.6. The van der Waals surface area contributed by atoms with E-state index >= 15 is 0 Å². The summed E-state index contributed by atoms with van der Waals surface area (Å²) in [7, 11) is 3.26. The molecule has 0 bridgehead atoms. The third-order valence-corrected chi connectivity index (χ3v) is 4.24. The normalized spacial score (nSPS) is 13.2. The minimum absolute atomic E-state index is 0.0174. The molecule has 0 radical (unpaired) electrons. The van der Waals surface area contributed by atoms with Crippen LogP contribution in [0.1, 0.15) is 18.4 Å². The van der Waals surface area contributed by atoms with Gasteiger partial charge in [0.1, 0.15) is 17.2 Å². The maximum absolute atomic E-state index is 12.7. The number of hydrogen-bond acceptors (Lipinski definition) is 4. The van der Waals surface area contributed by atoms with E-state index < -0.39 is 0 Å². The smallest absolute Gasteiger partial charge is 0.261 e. The Kier molecular flexibility index (Phi) is 5.43. The van der Waals surface area contributed by atoms with E-state index in [4.69, 9.17) is 14.2 Å². The summed E-state index contributed by atoms with van der Waals surface area (Å²) in [6.07, 6.45) is 2.06. The van der Waals surface area contributed by atoms with Crippen LogP contribution in [0.15, 0.2) is 48.5 Å². The monoisotopic (exact) mass is 341 g/mol. The lowest BCUT2D eigenvalue weighted by Crippen LogP contribution is -2.36. The fourth-order valence-electron chi connectivity index (χ4n) is 2.74. The van der Waals surface area contributed by atoms with Gasteiger partial charge in [-0.1, -0.05) is 18.2 Å². The van der Waals surface area contributed by atoms with Crippen LogP contribution in [0.5, 0.6) is 17.2 Å². The third kappa shape index (κ3) is 4.44. The Bertz CT molecular complexity index is 713. The van der Waals surface area contributed by atoms with Crippen LogP contribution >= 0.6 is 0 Å². The van der Waals surface area contributed by atoms with Crippen molar-refractivity contribution in [2.24, 2.45) is 0 Å². The summed E-state index contributed by atoms with van der Waals surface area (Å²) in [5.74, 6) is 2.18. The first-order valence-corrected chi connectivity index (χ1v) is 8.39. The first-order chi connectivity index (χ1) is 12.2. The average molecular weight is 341 g/mol. The maximum atomic E-state index is 12.7. The highest BCUT2D eigenvalue weighted by Gasteiger charge is 2.33. The Balaban J connectivity index is 1.70. The van der Waals surface area contributed by atoms with Crippen molar-refractivity contribution in [2.75, 3.05) is 20.8 Å². The van der Waals surface area contributed by atoms with Crippen LogP contribution in [0.4, 0.5) is 0 Å². The van der Waals surface area contributed by atoms with Gasteiger partial charge in [-0.15, -0.1) is 0 Å². The van der Waals surface area contributed by atoms with E-state index in [2.05, 4.69) is 0 Å². The summed E-state index contributed by atoms with van der Waals surface area (Å²) in [6, 6.07) is 15.3. The highest BCUT2D eigenvalue weighted by Crippen LogP contribution is 2.32. The highest BCUT2D eigenvalue weighted by atomic mass is 16.5. The minimum Gasteiger partial charge on any atom is -0.497 e. The van der Waals surface area contributed by atoms with Crippen LogP contribution in [0.25, 0.3) is 0 Å². The van der Waals surface area contributed by atoms with E-state index in [0.717, 1.165) is 29.9 Å². The molecule has 1 aliphatic carbocycles. The molecule has 0 N–H and O–H groups in total. The second-order valence-corrected chi connectivity index (χ2v) is 6.03. The number of rotatable bonds is 8. The summed E-state index contributed by atoms with van der Waals surface area (Å²) in [5, 5.41) is 0. The molecule has 25 heavy (non-hydrogen) atoms. The zero-order chi connectivity index (χ0) is 17.6. The number of methoxy groups -OCH3 is 2. The van der Waals surface area contributed by atoms with Gasteiger partial charge in [0, 0.05) is 18.2 Å². The molecule has 0 aliphatic heterocycles. The van der Waals surface area contributed by atoms with Crippen molar-refractivity contribution >= 4 is 5.91 Å².